The van der Waals surface area contributed by atoms with Crippen molar-refractivity contribution in [1.29, 1.82) is 0 Å². The summed E-state index contributed by atoms with van der Waals surface area (Å²) < 4.78 is 5.68. The zero-order valence-electron chi connectivity index (χ0n) is 19.1. The fourth-order valence-corrected chi connectivity index (χ4v) is 4.49. The SMILES string of the molecule is CCCCc1nc(N2CCN(C(=O)c3ccccc3Cl)CC2)c2c(-c3ccccc3)noc2n1. The summed E-state index contributed by atoms with van der Waals surface area (Å²) in [4.78, 5) is 26.7. The van der Waals surface area contributed by atoms with Gasteiger partial charge in [0, 0.05) is 38.2 Å². The smallest absolute Gasteiger partial charge is 0.263 e. The molecule has 0 N–H and O–H groups in total. The van der Waals surface area contributed by atoms with Crippen molar-refractivity contribution in [3.05, 3.63) is 71.0 Å². The molecule has 2 aromatic heterocycles. The van der Waals surface area contributed by atoms with E-state index in [-0.39, 0.29) is 5.91 Å². The summed E-state index contributed by atoms with van der Waals surface area (Å²) in [5, 5.41) is 5.65. The first kappa shape index (κ1) is 22.3. The molecule has 0 radical (unpaired) electrons. The second-order valence-corrected chi connectivity index (χ2v) is 8.81. The van der Waals surface area contributed by atoms with Crippen molar-refractivity contribution in [2.45, 2.75) is 26.2 Å². The Morgan fingerprint density at radius 3 is 2.47 bits per heavy atom. The number of anilines is 1. The van der Waals surface area contributed by atoms with Crippen molar-refractivity contribution in [3.63, 3.8) is 0 Å². The Morgan fingerprint density at radius 1 is 1.00 bits per heavy atom. The largest absolute Gasteiger partial charge is 0.352 e. The first-order valence-corrected chi connectivity index (χ1v) is 12.0. The number of carbonyl (C=O) groups excluding carboxylic acids is 1. The van der Waals surface area contributed by atoms with Gasteiger partial charge in [-0.15, -0.1) is 0 Å². The second-order valence-electron chi connectivity index (χ2n) is 8.40. The van der Waals surface area contributed by atoms with Crippen LogP contribution in [-0.4, -0.2) is 52.1 Å². The molecule has 1 fully saturated rings. The maximum Gasteiger partial charge on any atom is 0.263 e. The standard InChI is InChI=1S/C26H26ClN5O2/c1-2-3-13-21-28-24(22-23(30-34-25(22)29-21)18-9-5-4-6-10-18)31-14-16-32(17-15-31)26(33)19-11-7-8-12-20(19)27/h4-12H,2-3,13-17H2,1H3. The van der Waals surface area contributed by atoms with Crippen LogP contribution in [0, 0.1) is 0 Å². The van der Waals surface area contributed by atoms with Gasteiger partial charge in [0.15, 0.2) is 0 Å². The zero-order valence-corrected chi connectivity index (χ0v) is 19.8. The van der Waals surface area contributed by atoms with E-state index in [0.29, 0.717) is 42.5 Å². The van der Waals surface area contributed by atoms with E-state index in [0.717, 1.165) is 47.5 Å². The minimum absolute atomic E-state index is 0.0447. The molecular weight excluding hydrogens is 450 g/mol. The summed E-state index contributed by atoms with van der Waals surface area (Å²) in [6.45, 7) is 4.60. The fourth-order valence-electron chi connectivity index (χ4n) is 4.27. The molecule has 0 bridgehead atoms. The van der Waals surface area contributed by atoms with E-state index in [1.54, 1.807) is 12.1 Å². The van der Waals surface area contributed by atoms with Gasteiger partial charge >= 0.3 is 0 Å². The van der Waals surface area contributed by atoms with Gasteiger partial charge in [-0.05, 0) is 18.6 Å². The monoisotopic (exact) mass is 475 g/mol. The first-order chi connectivity index (χ1) is 16.7. The van der Waals surface area contributed by atoms with Gasteiger partial charge in [-0.1, -0.05) is 72.6 Å². The summed E-state index contributed by atoms with van der Waals surface area (Å²) in [5.41, 5.74) is 2.74. The van der Waals surface area contributed by atoms with Crippen LogP contribution in [0.25, 0.3) is 22.4 Å². The summed E-state index contributed by atoms with van der Waals surface area (Å²) >= 11 is 6.26. The molecule has 5 rings (SSSR count). The van der Waals surface area contributed by atoms with Crippen LogP contribution < -0.4 is 4.90 Å². The maximum absolute atomic E-state index is 13.0. The van der Waals surface area contributed by atoms with Crippen LogP contribution in [0.4, 0.5) is 5.82 Å². The molecule has 0 saturated carbocycles. The van der Waals surface area contributed by atoms with E-state index >= 15 is 0 Å². The lowest BCUT2D eigenvalue weighted by atomic mass is 10.1. The lowest BCUT2D eigenvalue weighted by Crippen LogP contribution is -2.49. The van der Waals surface area contributed by atoms with Crippen LogP contribution in [0.1, 0.15) is 35.9 Å². The van der Waals surface area contributed by atoms with Crippen LogP contribution in [0.2, 0.25) is 5.02 Å². The molecule has 174 valence electrons. The van der Waals surface area contributed by atoms with Gasteiger partial charge in [0.1, 0.15) is 22.7 Å². The third-order valence-corrected chi connectivity index (χ3v) is 6.46. The molecular formula is C26H26ClN5O2. The minimum Gasteiger partial charge on any atom is -0.352 e. The Morgan fingerprint density at radius 2 is 1.74 bits per heavy atom. The Balaban J connectivity index is 1.46. The Labute approximate surface area is 203 Å². The number of unbranched alkanes of at least 4 members (excludes halogenated alkanes) is 1. The van der Waals surface area contributed by atoms with E-state index < -0.39 is 0 Å². The minimum atomic E-state index is -0.0447. The maximum atomic E-state index is 13.0. The fraction of sp³-hybridized carbons (Fsp3) is 0.308. The highest BCUT2D eigenvalue weighted by Gasteiger charge is 2.28. The van der Waals surface area contributed by atoms with E-state index in [4.69, 9.17) is 21.1 Å². The molecule has 0 atom stereocenters. The third-order valence-electron chi connectivity index (χ3n) is 6.14. The Hall–Kier alpha value is -3.45. The summed E-state index contributed by atoms with van der Waals surface area (Å²) in [5.74, 6) is 1.53. The number of aryl methyl sites for hydroxylation is 1. The van der Waals surface area contributed by atoms with E-state index in [2.05, 4.69) is 22.0 Å². The number of amides is 1. The predicted octanol–water partition coefficient (Wildman–Crippen LogP) is 5.24. The molecule has 1 aliphatic rings. The quantitative estimate of drug-likeness (QED) is 0.379. The lowest BCUT2D eigenvalue weighted by molar-refractivity contribution is 0.0746. The zero-order chi connectivity index (χ0) is 23.5. The van der Waals surface area contributed by atoms with Gasteiger partial charge in [-0.25, -0.2) is 4.98 Å². The molecule has 1 aliphatic heterocycles. The number of carbonyl (C=O) groups is 1. The number of nitrogens with zero attached hydrogens (tertiary/aromatic N) is 5. The van der Waals surface area contributed by atoms with E-state index in [1.807, 2.05) is 47.4 Å². The molecule has 0 unspecified atom stereocenters. The average Bonchev–Trinajstić information content (AvgIpc) is 3.31. The van der Waals surface area contributed by atoms with Crippen LogP contribution in [0.5, 0.6) is 0 Å². The van der Waals surface area contributed by atoms with Crippen molar-refractivity contribution in [1.82, 2.24) is 20.0 Å². The highest BCUT2D eigenvalue weighted by molar-refractivity contribution is 6.33. The number of benzene rings is 2. The van der Waals surface area contributed by atoms with E-state index in [9.17, 15) is 4.79 Å². The molecule has 8 heteroatoms. The van der Waals surface area contributed by atoms with Crippen molar-refractivity contribution >= 4 is 34.4 Å². The van der Waals surface area contributed by atoms with Crippen molar-refractivity contribution in [2.75, 3.05) is 31.1 Å². The Kier molecular flexibility index (Phi) is 6.45. The van der Waals surface area contributed by atoms with Gasteiger partial charge in [0.05, 0.1) is 10.6 Å². The predicted molar refractivity (Wildman–Crippen MR) is 133 cm³/mol. The van der Waals surface area contributed by atoms with Gasteiger partial charge < -0.3 is 14.3 Å². The molecule has 0 spiro atoms. The van der Waals surface area contributed by atoms with Crippen LogP contribution >= 0.6 is 11.6 Å². The third kappa shape index (κ3) is 4.35. The Bertz CT molecular complexity index is 1300. The lowest BCUT2D eigenvalue weighted by Gasteiger charge is -2.35. The summed E-state index contributed by atoms with van der Waals surface area (Å²) in [7, 11) is 0. The second kappa shape index (κ2) is 9.81. The molecule has 7 nitrogen and oxygen atoms in total. The first-order valence-electron chi connectivity index (χ1n) is 11.7. The number of hydrogen-bond acceptors (Lipinski definition) is 6. The number of hydrogen-bond donors (Lipinski definition) is 0. The van der Waals surface area contributed by atoms with Gasteiger partial charge in [0.25, 0.3) is 11.6 Å². The van der Waals surface area contributed by atoms with Gasteiger partial charge in [-0.2, -0.15) is 4.98 Å². The summed E-state index contributed by atoms with van der Waals surface area (Å²) in [6.07, 6.45) is 2.85. The van der Waals surface area contributed by atoms with Gasteiger partial charge in [-0.3, -0.25) is 4.79 Å². The molecule has 34 heavy (non-hydrogen) atoms. The van der Waals surface area contributed by atoms with Crippen molar-refractivity contribution < 1.29 is 9.32 Å². The van der Waals surface area contributed by atoms with Crippen LogP contribution in [0.15, 0.2) is 59.1 Å². The highest BCUT2D eigenvalue weighted by atomic mass is 35.5. The van der Waals surface area contributed by atoms with Crippen molar-refractivity contribution in [3.8, 4) is 11.3 Å². The molecule has 4 aromatic rings. The molecule has 1 amide bonds. The highest BCUT2D eigenvalue weighted by Crippen LogP contribution is 2.34. The topological polar surface area (TPSA) is 75.4 Å². The number of rotatable bonds is 6. The number of piperazine rings is 1. The molecule has 1 saturated heterocycles. The molecule has 2 aromatic carbocycles. The molecule has 3 heterocycles. The van der Waals surface area contributed by atoms with Crippen LogP contribution in [0.3, 0.4) is 0 Å². The number of aromatic nitrogens is 3. The van der Waals surface area contributed by atoms with Crippen molar-refractivity contribution in [2.24, 2.45) is 0 Å². The normalized spacial score (nSPS) is 14.1. The van der Waals surface area contributed by atoms with Gasteiger partial charge in [0.2, 0.25) is 0 Å². The summed E-state index contributed by atoms with van der Waals surface area (Å²) in [6, 6.07) is 17.1. The molecule has 0 aliphatic carbocycles. The average molecular weight is 476 g/mol. The number of halogens is 1. The number of fused-ring (bicyclic) bond motifs is 1. The van der Waals surface area contributed by atoms with E-state index in [1.165, 1.54) is 0 Å². The van der Waals surface area contributed by atoms with Crippen LogP contribution in [-0.2, 0) is 6.42 Å².